The van der Waals surface area contributed by atoms with Gasteiger partial charge in [0.15, 0.2) is 0 Å². The third-order valence-electron chi connectivity index (χ3n) is 2.52. The van der Waals surface area contributed by atoms with Crippen LogP contribution in [0, 0.1) is 0 Å². The van der Waals surface area contributed by atoms with Crippen LogP contribution in [0.3, 0.4) is 0 Å². The highest BCUT2D eigenvalue weighted by molar-refractivity contribution is 9.10. The highest BCUT2D eigenvalue weighted by Crippen LogP contribution is 2.31. The second-order valence-corrected chi connectivity index (χ2v) is 4.47. The van der Waals surface area contributed by atoms with E-state index in [4.69, 9.17) is 0 Å². The Morgan fingerprint density at radius 3 is 2.86 bits per heavy atom. The topological polar surface area (TPSA) is 58.0 Å². The molecule has 76 valence electrons. The third-order valence-corrected chi connectivity index (χ3v) is 2.95. The van der Waals surface area contributed by atoms with Crippen LogP contribution in [0.5, 0.6) is 0 Å². The van der Waals surface area contributed by atoms with Crippen LogP contribution in [0.1, 0.15) is 19.3 Å². The van der Waals surface area contributed by atoms with E-state index >= 15 is 0 Å². The molecule has 0 atom stereocenters. The molecule has 4 nitrogen and oxygen atoms in total. The lowest BCUT2D eigenvalue weighted by Crippen LogP contribution is -2.43. The van der Waals surface area contributed by atoms with Crippen molar-refractivity contribution in [3.8, 4) is 0 Å². The summed E-state index contributed by atoms with van der Waals surface area (Å²) in [6, 6.07) is 1.79. The van der Waals surface area contributed by atoms with Gasteiger partial charge in [-0.2, -0.15) is 0 Å². The molecule has 0 aromatic carbocycles. The fraction of sp³-hybridized carbons (Fsp3) is 0.556. The molecule has 1 saturated carbocycles. The van der Waals surface area contributed by atoms with Crippen molar-refractivity contribution in [2.24, 2.45) is 0 Å². The van der Waals surface area contributed by atoms with E-state index in [1.54, 1.807) is 6.07 Å². The van der Waals surface area contributed by atoms with Crippen molar-refractivity contribution < 1.29 is 5.11 Å². The summed E-state index contributed by atoms with van der Waals surface area (Å²) in [5.41, 5.74) is -0.516. The first-order valence-corrected chi connectivity index (χ1v) is 5.41. The largest absolute Gasteiger partial charge is 0.388 e. The van der Waals surface area contributed by atoms with Crippen LogP contribution in [-0.4, -0.2) is 27.2 Å². The predicted molar refractivity (Wildman–Crippen MR) is 57.0 cm³/mol. The number of rotatable bonds is 3. The van der Waals surface area contributed by atoms with Gasteiger partial charge in [-0.1, -0.05) is 0 Å². The number of anilines is 1. The monoisotopic (exact) mass is 257 g/mol. The Balaban J connectivity index is 1.91. The predicted octanol–water partition coefficient (Wildman–Crippen LogP) is 1.57. The van der Waals surface area contributed by atoms with E-state index in [2.05, 4.69) is 31.2 Å². The molecule has 1 aromatic rings. The minimum absolute atomic E-state index is 0.516. The molecule has 0 amide bonds. The summed E-state index contributed by atoms with van der Waals surface area (Å²) in [6.07, 6.45) is 4.36. The molecule has 5 heteroatoms. The molecule has 1 heterocycles. The number of nitrogens with zero attached hydrogens (tertiary/aromatic N) is 2. The van der Waals surface area contributed by atoms with Gasteiger partial charge in [-0.25, -0.2) is 9.97 Å². The van der Waals surface area contributed by atoms with Crippen LogP contribution in [0.25, 0.3) is 0 Å². The Hall–Kier alpha value is -0.680. The Kier molecular flexibility index (Phi) is 2.69. The standard InChI is InChI=1S/C9H12BrN3O/c10-7-4-8(13-6-12-7)11-5-9(14)2-1-3-9/h4,6,14H,1-3,5H2,(H,11,12,13). The van der Waals surface area contributed by atoms with E-state index in [1.165, 1.54) is 6.33 Å². The molecule has 0 bridgehead atoms. The van der Waals surface area contributed by atoms with Gasteiger partial charge in [0.2, 0.25) is 0 Å². The van der Waals surface area contributed by atoms with Crippen molar-refractivity contribution in [2.75, 3.05) is 11.9 Å². The normalized spacial score (nSPS) is 18.7. The van der Waals surface area contributed by atoms with Crippen molar-refractivity contribution >= 4 is 21.7 Å². The number of aliphatic hydroxyl groups is 1. The number of hydrogen-bond acceptors (Lipinski definition) is 4. The lowest BCUT2D eigenvalue weighted by Gasteiger charge is -2.36. The summed E-state index contributed by atoms with van der Waals surface area (Å²) in [7, 11) is 0. The molecule has 1 aromatic heterocycles. The number of halogens is 1. The minimum Gasteiger partial charge on any atom is -0.388 e. The molecular formula is C9H12BrN3O. The lowest BCUT2D eigenvalue weighted by atomic mass is 9.80. The first-order valence-electron chi connectivity index (χ1n) is 4.62. The van der Waals surface area contributed by atoms with Gasteiger partial charge in [-0.3, -0.25) is 0 Å². The van der Waals surface area contributed by atoms with Crippen LogP contribution in [0.4, 0.5) is 5.82 Å². The maximum absolute atomic E-state index is 9.82. The van der Waals surface area contributed by atoms with E-state index in [0.717, 1.165) is 29.7 Å². The van der Waals surface area contributed by atoms with Gasteiger partial charge < -0.3 is 10.4 Å². The van der Waals surface area contributed by atoms with Crippen LogP contribution in [-0.2, 0) is 0 Å². The fourth-order valence-electron chi connectivity index (χ4n) is 1.45. The highest BCUT2D eigenvalue weighted by atomic mass is 79.9. The van der Waals surface area contributed by atoms with Crippen LogP contribution in [0.15, 0.2) is 17.0 Å². The molecule has 0 radical (unpaired) electrons. The van der Waals surface area contributed by atoms with E-state index in [9.17, 15) is 5.11 Å². The van der Waals surface area contributed by atoms with Crippen molar-refractivity contribution in [1.82, 2.24) is 9.97 Å². The molecule has 0 aliphatic heterocycles. The van der Waals surface area contributed by atoms with Crippen molar-refractivity contribution in [3.05, 3.63) is 17.0 Å². The van der Waals surface area contributed by atoms with Crippen molar-refractivity contribution in [3.63, 3.8) is 0 Å². The van der Waals surface area contributed by atoms with Gasteiger partial charge in [0, 0.05) is 12.6 Å². The Morgan fingerprint density at radius 2 is 2.29 bits per heavy atom. The zero-order chi connectivity index (χ0) is 10.0. The van der Waals surface area contributed by atoms with Crippen molar-refractivity contribution in [2.45, 2.75) is 24.9 Å². The van der Waals surface area contributed by atoms with Gasteiger partial charge in [-0.05, 0) is 35.2 Å². The molecule has 1 aliphatic rings. The SMILES string of the molecule is OC1(CNc2cc(Br)ncn2)CCC1. The minimum atomic E-state index is -0.516. The van der Waals surface area contributed by atoms with E-state index in [-0.39, 0.29) is 0 Å². The quantitative estimate of drug-likeness (QED) is 0.808. The summed E-state index contributed by atoms with van der Waals surface area (Å²) in [5.74, 6) is 0.743. The molecule has 0 saturated heterocycles. The Morgan fingerprint density at radius 1 is 1.50 bits per heavy atom. The average Bonchev–Trinajstić information content (AvgIpc) is 2.12. The summed E-state index contributed by atoms with van der Waals surface area (Å²) in [4.78, 5) is 7.96. The van der Waals surface area contributed by atoms with Crippen LogP contribution >= 0.6 is 15.9 Å². The number of nitrogens with one attached hydrogen (secondary N) is 1. The third kappa shape index (κ3) is 2.22. The molecule has 2 N–H and O–H groups in total. The maximum atomic E-state index is 9.82. The van der Waals surface area contributed by atoms with E-state index in [1.807, 2.05) is 0 Å². The maximum Gasteiger partial charge on any atom is 0.130 e. The second-order valence-electron chi connectivity index (χ2n) is 3.66. The Bertz CT molecular complexity index is 328. The van der Waals surface area contributed by atoms with Gasteiger partial charge in [0.1, 0.15) is 16.7 Å². The molecule has 0 unspecified atom stereocenters. The summed E-state index contributed by atoms with van der Waals surface area (Å²) in [6.45, 7) is 0.566. The molecule has 1 aliphatic carbocycles. The first-order chi connectivity index (χ1) is 6.68. The first kappa shape index (κ1) is 9.86. The van der Waals surface area contributed by atoms with E-state index < -0.39 is 5.60 Å². The molecule has 2 rings (SSSR count). The average molecular weight is 258 g/mol. The highest BCUT2D eigenvalue weighted by Gasteiger charge is 2.33. The number of aromatic nitrogens is 2. The van der Waals surface area contributed by atoms with Crippen LogP contribution < -0.4 is 5.32 Å². The fourth-order valence-corrected chi connectivity index (χ4v) is 1.76. The van der Waals surface area contributed by atoms with Gasteiger partial charge in [0.05, 0.1) is 5.60 Å². The summed E-state index contributed by atoms with van der Waals surface area (Å²) < 4.78 is 0.746. The summed E-state index contributed by atoms with van der Waals surface area (Å²) in [5, 5.41) is 12.9. The smallest absolute Gasteiger partial charge is 0.130 e. The van der Waals surface area contributed by atoms with E-state index in [0.29, 0.717) is 6.54 Å². The van der Waals surface area contributed by atoms with Gasteiger partial charge in [0.25, 0.3) is 0 Å². The molecule has 14 heavy (non-hydrogen) atoms. The van der Waals surface area contributed by atoms with Crippen molar-refractivity contribution in [1.29, 1.82) is 0 Å². The van der Waals surface area contributed by atoms with Gasteiger partial charge in [-0.15, -0.1) is 0 Å². The molecule has 1 fully saturated rings. The second kappa shape index (κ2) is 3.82. The Labute approximate surface area is 90.9 Å². The zero-order valence-electron chi connectivity index (χ0n) is 7.70. The molecular weight excluding hydrogens is 246 g/mol. The van der Waals surface area contributed by atoms with Gasteiger partial charge >= 0.3 is 0 Å². The zero-order valence-corrected chi connectivity index (χ0v) is 9.29. The molecule has 0 spiro atoms. The number of hydrogen-bond donors (Lipinski definition) is 2. The summed E-state index contributed by atoms with van der Waals surface area (Å²) >= 11 is 3.26. The van der Waals surface area contributed by atoms with Crippen LogP contribution in [0.2, 0.25) is 0 Å². The lowest BCUT2D eigenvalue weighted by molar-refractivity contribution is -0.0202.